The van der Waals surface area contributed by atoms with Gasteiger partial charge in [-0.2, -0.15) is 4.99 Å². The van der Waals surface area contributed by atoms with E-state index in [0.717, 1.165) is 16.2 Å². The lowest BCUT2D eigenvalue weighted by Gasteiger charge is -2.02. The van der Waals surface area contributed by atoms with E-state index < -0.39 is 4.92 Å². The number of ether oxygens (including phenoxy) is 1. The van der Waals surface area contributed by atoms with Crippen molar-refractivity contribution < 1.29 is 14.5 Å². The summed E-state index contributed by atoms with van der Waals surface area (Å²) in [4.78, 5) is 28.6. The number of carbonyl (C=O) groups excluding carboxylic acids is 1. The number of nitro benzene ring substituents is 1. The average Bonchev–Trinajstić information content (AvgIpc) is 3.05. The van der Waals surface area contributed by atoms with Crippen LogP contribution in [-0.4, -0.2) is 28.3 Å². The fourth-order valence-electron chi connectivity index (χ4n) is 2.60. The van der Waals surface area contributed by atoms with Crippen molar-refractivity contribution in [3.63, 3.8) is 0 Å². The van der Waals surface area contributed by atoms with Crippen molar-refractivity contribution in [1.29, 1.82) is 0 Å². The minimum absolute atomic E-state index is 0.0135. The molecule has 148 valence electrons. The average molecular weight is 428 g/mol. The number of thiazole rings is 1. The summed E-state index contributed by atoms with van der Waals surface area (Å²) in [7, 11) is 1.61. The largest absolute Gasteiger partial charge is 0.497 e. The smallest absolute Gasteiger partial charge is 0.270 e. The van der Waals surface area contributed by atoms with E-state index in [1.807, 2.05) is 24.3 Å². The summed E-state index contributed by atoms with van der Waals surface area (Å²) in [6.45, 7) is 0.227. The minimum atomic E-state index is -0.455. The van der Waals surface area contributed by atoms with Crippen molar-refractivity contribution in [2.75, 3.05) is 12.9 Å². The van der Waals surface area contributed by atoms with Gasteiger partial charge in [-0.1, -0.05) is 17.3 Å². The Labute approximate surface area is 175 Å². The Hall–Kier alpha value is -3.09. The van der Waals surface area contributed by atoms with Gasteiger partial charge in [0.25, 0.3) is 5.69 Å². The van der Waals surface area contributed by atoms with Crippen molar-refractivity contribution in [2.45, 2.75) is 17.9 Å². The number of carbonyl (C=O) groups is 1. The Balaban J connectivity index is 1.76. The van der Waals surface area contributed by atoms with E-state index in [1.165, 1.54) is 23.5 Å². The van der Waals surface area contributed by atoms with Gasteiger partial charge in [-0.15, -0.1) is 18.2 Å². The highest BCUT2D eigenvalue weighted by molar-refractivity contribution is 7.99. The maximum Gasteiger partial charge on any atom is 0.270 e. The quantitative estimate of drug-likeness (QED) is 0.247. The number of terminal acetylenes is 1. The van der Waals surface area contributed by atoms with E-state index in [4.69, 9.17) is 11.2 Å². The lowest BCUT2D eigenvalue weighted by Crippen LogP contribution is -2.16. The number of hydrogen-bond donors (Lipinski definition) is 0. The van der Waals surface area contributed by atoms with Crippen LogP contribution in [0.2, 0.25) is 0 Å². The number of hydrogen-bond acceptors (Lipinski definition) is 6. The normalized spacial score (nSPS) is 11.4. The van der Waals surface area contributed by atoms with E-state index in [2.05, 4.69) is 10.9 Å². The first-order valence-electron chi connectivity index (χ1n) is 8.57. The number of non-ortho nitro benzene ring substituents is 1. The first-order valence-corrected chi connectivity index (χ1v) is 10.4. The molecule has 0 aliphatic heterocycles. The predicted octanol–water partition coefficient (Wildman–Crippen LogP) is 3.86. The SMILES string of the molecule is C#CCn1c(=NC(=O)CCSc2ccc(OC)cc2)sc2cc([N+](=O)[O-])ccc21. The summed E-state index contributed by atoms with van der Waals surface area (Å²) in [5.74, 6) is 3.64. The molecule has 3 aromatic rings. The topological polar surface area (TPSA) is 86.7 Å². The molecule has 0 saturated carbocycles. The van der Waals surface area contributed by atoms with Gasteiger partial charge < -0.3 is 9.30 Å². The molecule has 2 aromatic carbocycles. The molecule has 1 aromatic heterocycles. The van der Waals surface area contributed by atoms with Crippen LogP contribution < -0.4 is 9.54 Å². The van der Waals surface area contributed by atoms with Crippen molar-refractivity contribution >= 4 is 44.9 Å². The molecule has 0 aliphatic rings. The van der Waals surface area contributed by atoms with Crippen LogP contribution in [0.15, 0.2) is 52.4 Å². The molecular formula is C20H17N3O4S2. The lowest BCUT2D eigenvalue weighted by molar-refractivity contribution is -0.384. The van der Waals surface area contributed by atoms with E-state index >= 15 is 0 Å². The second-order valence-electron chi connectivity index (χ2n) is 5.86. The Morgan fingerprint density at radius 3 is 2.76 bits per heavy atom. The molecule has 1 heterocycles. The van der Waals surface area contributed by atoms with Crippen molar-refractivity contribution in [3.8, 4) is 18.1 Å². The molecule has 0 N–H and O–H groups in total. The first-order chi connectivity index (χ1) is 14.0. The second kappa shape index (κ2) is 9.41. The molecule has 0 fully saturated rings. The van der Waals surface area contributed by atoms with Gasteiger partial charge in [-0.3, -0.25) is 14.9 Å². The maximum atomic E-state index is 12.3. The number of thioether (sulfide) groups is 1. The molecule has 3 rings (SSSR count). The van der Waals surface area contributed by atoms with Gasteiger partial charge in [0.05, 0.1) is 28.8 Å². The van der Waals surface area contributed by atoms with Crippen LogP contribution in [0.5, 0.6) is 5.75 Å². The number of nitrogens with zero attached hydrogens (tertiary/aromatic N) is 3. The summed E-state index contributed by atoms with van der Waals surface area (Å²) in [5, 5.41) is 11.0. The number of nitro groups is 1. The molecule has 9 heteroatoms. The molecule has 0 radical (unpaired) electrons. The lowest BCUT2D eigenvalue weighted by atomic mass is 10.3. The minimum Gasteiger partial charge on any atom is -0.497 e. The van der Waals surface area contributed by atoms with Crippen LogP contribution in [0.3, 0.4) is 0 Å². The standard InChI is InChI=1S/C20H17N3O4S2/c1-3-11-22-17-9-4-14(23(25)26)13-18(17)29-20(22)21-19(24)10-12-28-16-7-5-15(27-2)6-8-16/h1,4-9,13H,10-12H2,2H3. The van der Waals surface area contributed by atoms with Crippen molar-refractivity contribution in [2.24, 2.45) is 4.99 Å². The van der Waals surface area contributed by atoms with Gasteiger partial charge in [-0.25, -0.2) is 0 Å². The molecule has 0 unspecified atom stereocenters. The summed E-state index contributed by atoms with van der Waals surface area (Å²) < 4.78 is 7.51. The van der Waals surface area contributed by atoms with Crippen molar-refractivity contribution in [3.05, 3.63) is 57.4 Å². The van der Waals surface area contributed by atoms with E-state index in [9.17, 15) is 14.9 Å². The highest BCUT2D eigenvalue weighted by atomic mass is 32.2. The van der Waals surface area contributed by atoms with Gasteiger partial charge in [0, 0.05) is 29.2 Å². The Kier molecular flexibility index (Phi) is 6.69. The zero-order valence-corrected chi connectivity index (χ0v) is 17.2. The molecule has 0 bridgehead atoms. The monoisotopic (exact) mass is 427 g/mol. The summed E-state index contributed by atoms with van der Waals surface area (Å²) >= 11 is 2.77. The molecule has 0 saturated heterocycles. The molecule has 1 amide bonds. The predicted molar refractivity (Wildman–Crippen MR) is 114 cm³/mol. The Morgan fingerprint density at radius 2 is 2.10 bits per heavy atom. The van der Waals surface area contributed by atoms with Crippen LogP contribution in [0.4, 0.5) is 5.69 Å². The molecule has 7 nitrogen and oxygen atoms in total. The van der Waals surface area contributed by atoms with Crippen LogP contribution >= 0.6 is 23.1 Å². The highest BCUT2D eigenvalue weighted by Crippen LogP contribution is 2.24. The third-order valence-corrected chi connectivity index (χ3v) is 6.05. The summed E-state index contributed by atoms with van der Waals surface area (Å²) in [6.07, 6.45) is 5.71. The maximum absolute atomic E-state index is 12.3. The number of fused-ring (bicyclic) bond motifs is 1. The number of benzene rings is 2. The molecule has 0 spiro atoms. The third kappa shape index (κ3) is 5.04. The highest BCUT2D eigenvalue weighted by Gasteiger charge is 2.12. The Bertz CT molecular complexity index is 1160. The molecule has 0 atom stereocenters. The number of aromatic nitrogens is 1. The van der Waals surface area contributed by atoms with E-state index in [0.29, 0.717) is 15.3 Å². The zero-order chi connectivity index (χ0) is 20.8. The second-order valence-corrected chi connectivity index (χ2v) is 8.04. The van der Waals surface area contributed by atoms with Gasteiger partial charge >= 0.3 is 0 Å². The molecule has 0 aliphatic carbocycles. The van der Waals surface area contributed by atoms with Gasteiger partial charge in [0.1, 0.15) is 5.75 Å². The summed E-state index contributed by atoms with van der Waals surface area (Å²) in [6, 6.07) is 12.1. The first kappa shape index (κ1) is 20.6. The fourth-order valence-corrected chi connectivity index (χ4v) is 4.52. The zero-order valence-electron chi connectivity index (χ0n) is 15.5. The third-order valence-electron chi connectivity index (χ3n) is 3.99. The van der Waals surface area contributed by atoms with E-state index in [1.54, 1.807) is 29.5 Å². The number of amides is 1. The van der Waals surface area contributed by atoms with Gasteiger partial charge in [-0.05, 0) is 30.3 Å². The van der Waals surface area contributed by atoms with Gasteiger partial charge in [0.15, 0.2) is 4.80 Å². The van der Waals surface area contributed by atoms with Crippen LogP contribution in [-0.2, 0) is 11.3 Å². The van der Waals surface area contributed by atoms with Crippen LogP contribution in [0.25, 0.3) is 10.2 Å². The molecule has 29 heavy (non-hydrogen) atoms. The van der Waals surface area contributed by atoms with Crippen LogP contribution in [0, 0.1) is 22.5 Å². The van der Waals surface area contributed by atoms with E-state index in [-0.39, 0.29) is 24.6 Å². The number of rotatable bonds is 7. The van der Waals surface area contributed by atoms with Crippen LogP contribution in [0.1, 0.15) is 6.42 Å². The fraction of sp³-hybridized carbons (Fsp3) is 0.200. The Morgan fingerprint density at radius 1 is 1.34 bits per heavy atom. The molecular weight excluding hydrogens is 410 g/mol. The summed E-state index contributed by atoms with van der Waals surface area (Å²) in [5.41, 5.74) is 0.707. The van der Waals surface area contributed by atoms with Gasteiger partial charge in [0.2, 0.25) is 5.91 Å². The van der Waals surface area contributed by atoms with Crippen molar-refractivity contribution in [1.82, 2.24) is 4.57 Å². The number of methoxy groups -OCH3 is 1.